The topological polar surface area (TPSA) is 393 Å². The lowest BCUT2D eigenvalue weighted by atomic mass is 10.1. The fraction of sp³-hybridized carbons (Fsp3) is 0.485. The van der Waals surface area contributed by atoms with Gasteiger partial charge in [-0.15, -0.1) is 0 Å². The Labute approximate surface area is 334 Å². The fourth-order valence-electron chi connectivity index (χ4n) is 4.76. The molecule has 0 saturated carbocycles. The zero-order valence-corrected chi connectivity index (χ0v) is 31.5. The Morgan fingerprint density at radius 3 is 1.48 bits per heavy atom. The molecule has 1 rings (SSSR count). The molecular weight excluding hydrogens is 798 g/mol. The second-order valence-electron chi connectivity index (χ2n) is 12.4. The normalized spacial score (nSPS) is 13.1. The monoisotopic (exact) mass is 843 g/mol. The molecule has 0 aliphatic carbocycles. The van der Waals surface area contributed by atoms with Crippen molar-refractivity contribution in [1.29, 1.82) is 0 Å². The summed E-state index contributed by atoms with van der Waals surface area (Å²) in [6.45, 7) is 0.152. The van der Waals surface area contributed by atoms with E-state index in [0.717, 1.165) is 0 Å². The Morgan fingerprint density at radius 1 is 0.517 bits per heavy atom. The molecule has 0 aliphatic rings. The molecule has 0 aliphatic heterocycles. The van der Waals surface area contributed by atoms with E-state index in [-0.39, 0.29) is 38.1 Å². The first-order valence-corrected chi connectivity index (χ1v) is 17.9. The van der Waals surface area contributed by atoms with Gasteiger partial charge in [0.25, 0.3) is 0 Å². The maximum atomic E-state index is 12.9. The van der Waals surface area contributed by atoms with Crippen LogP contribution < -0.4 is 37.2 Å². The van der Waals surface area contributed by atoms with Crippen LogP contribution in [0.5, 0.6) is 0 Å². The largest absolute Gasteiger partial charge is 0.481 e. The van der Waals surface area contributed by atoms with Gasteiger partial charge in [-0.3, -0.25) is 28.8 Å². The van der Waals surface area contributed by atoms with Gasteiger partial charge in [0.1, 0.15) is 30.2 Å². The first-order valence-electron chi connectivity index (χ1n) is 17.2. The number of carbonyl (C=O) groups excluding carboxylic acids is 5. The summed E-state index contributed by atoms with van der Waals surface area (Å²) in [4.78, 5) is 130. The van der Waals surface area contributed by atoms with E-state index in [1.54, 1.807) is 12.1 Å². The van der Waals surface area contributed by atoms with E-state index in [2.05, 4.69) is 33.9 Å². The van der Waals surface area contributed by atoms with E-state index in [1.165, 1.54) is 12.1 Å². The van der Waals surface area contributed by atoms with Crippen molar-refractivity contribution in [3.63, 3.8) is 0 Å². The molecule has 1 aromatic rings. The molecular formula is C33H45N7O17S. The molecule has 0 bridgehead atoms. The molecule has 0 radical (unpaired) electrons. The molecule has 0 fully saturated rings. The van der Waals surface area contributed by atoms with Gasteiger partial charge >= 0.3 is 47.9 Å². The summed E-state index contributed by atoms with van der Waals surface area (Å²) >= 11 is 3.79. The molecule has 0 heterocycles. The van der Waals surface area contributed by atoms with E-state index in [1.807, 2.05) is 16.0 Å². The minimum Gasteiger partial charge on any atom is -0.481 e. The highest BCUT2D eigenvalue weighted by Crippen LogP contribution is 2.08. The molecule has 58 heavy (non-hydrogen) atoms. The van der Waals surface area contributed by atoms with Gasteiger partial charge in [-0.05, 0) is 36.8 Å². The first-order chi connectivity index (χ1) is 27.2. The number of carboxylic acids is 6. The predicted octanol–water partition coefficient (Wildman–Crippen LogP) is -2.31. The van der Waals surface area contributed by atoms with Crippen LogP contribution in [0, 0.1) is 0 Å². The van der Waals surface area contributed by atoms with Crippen molar-refractivity contribution in [2.24, 2.45) is 0 Å². The van der Waals surface area contributed by atoms with E-state index in [0.29, 0.717) is 17.5 Å². The van der Waals surface area contributed by atoms with Crippen LogP contribution in [0.15, 0.2) is 24.3 Å². The first kappa shape index (κ1) is 49.4. The summed E-state index contributed by atoms with van der Waals surface area (Å²) in [5.41, 5.74) is 0.997. The number of thiol groups is 1. The van der Waals surface area contributed by atoms with Gasteiger partial charge in [-0.2, -0.15) is 12.6 Å². The van der Waals surface area contributed by atoms with Gasteiger partial charge in [0.15, 0.2) is 0 Å². The number of benzene rings is 1. The van der Waals surface area contributed by atoms with Crippen LogP contribution in [0.2, 0.25) is 0 Å². The van der Waals surface area contributed by atoms with Gasteiger partial charge in [0.05, 0.1) is 19.3 Å². The second-order valence-corrected chi connectivity index (χ2v) is 12.8. The van der Waals surface area contributed by atoms with Gasteiger partial charge in [0, 0.05) is 25.3 Å². The van der Waals surface area contributed by atoms with Crippen LogP contribution in [0.4, 0.5) is 9.59 Å². The average Bonchev–Trinajstić information content (AvgIpc) is 3.13. The predicted molar refractivity (Wildman–Crippen MR) is 197 cm³/mol. The number of amides is 7. The van der Waals surface area contributed by atoms with E-state index in [9.17, 15) is 68.1 Å². The molecule has 5 atom stereocenters. The van der Waals surface area contributed by atoms with Crippen LogP contribution >= 0.6 is 12.6 Å². The number of carbonyl (C=O) groups is 11. The van der Waals surface area contributed by atoms with Crippen LogP contribution in [-0.2, 0) is 56.1 Å². The Morgan fingerprint density at radius 2 is 1.00 bits per heavy atom. The summed E-state index contributed by atoms with van der Waals surface area (Å²) in [5.74, 6) is -12.3. The molecule has 0 saturated heterocycles. The third-order valence-electron chi connectivity index (χ3n) is 7.74. The molecule has 320 valence electrons. The maximum absolute atomic E-state index is 12.9. The summed E-state index contributed by atoms with van der Waals surface area (Å²) < 4.78 is 0. The Balaban J connectivity index is 2.62. The third kappa shape index (κ3) is 20.3. The number of rotatable bonds is 27. The van der Waals surface area contributed by atoms with Crippen LogP contribution in [0.25, 0.3) is 0 Å². The molecule has 25 heteroatoms. The summed E-state index contributed by atoms with van der Waals surface area (Å²) in [6, 6.07) is -3.59. The van der Waals surface area contributed by atoms with Crippen molar-refractivity contribution in [3.05, 3.63) is 35.4 Å². The van der Waals surface area contributed by atoms with Crippen molar-refractivity contribution in [1.82, 2.24) is 37.2 Å². The van der Waals surface area contributed by atoms with Crippen LogP contribution in [0.3, 0.4) is 0 Å². The van der Waals surface area contributed by atoms with Crippen molar-refractivity contribution in [2.75, 3.05) is 12.3 Å². The van der Waals surface area contributed by atoms with Crippen LogP contribution in [-0.4, -0.2) is 139 Å². The molecule has 7 amide bonds. The maximum Gasteiger partial charge on any atom is 0.327 e. The second kappa shape index (κ2) is 25.5. The Bertz CT molecular complexity index is 1680. The highest BCUT2D eigenvalue weighted by molar-refractivity contribution is 7.80. The zero-order valence-electron chi connectivity index (χ0n) is 30.6. The van der Waals surface area contributed by atoms with Gasteiger partial charge in [-0.25, -0.2) is 24.0 Å². The lowest BCUT2D eigenvalue weighted by Crippen LogP contribution is -2.57. The quantitative estimate of drug-likeness (QED) is 0.0327. The summed E-state index contributed by atoms with van der Waals surface area (Å²) in [7, 11) is 0. The zero-order chi connectivity index (χ0) is 43.9. The van der Waals surface area contributed by atoms with Crippen molar-refractivity contribution in [3.8, 4) is 0 Å². The smallest absolute Gasteiger partial charge is 0.327 e. The minimum absolute atomic E-state index is 0.0371. The van der Waals surface area contributed by atoms with Crippen LogP contribution in [0.1, 0.15) is 56.1 Å². The SMILES string of the molecule is O=C(O)CCC(NC(=O)NC(CCCCNC(=O)NCc1ccc(CC(=O)NC(CC(=O)O)C(=O)NC(CC(=O)O)C(=O)NC(CS)C(=O)O)cc1)C(=O)O)C(=O)O. The number of hydrogen-bond donors (Lipinski definition) is 14. The molecule has 0 aromatic heterocycles. The lowest BCUT2D eigenvalue weighted by molar-refractivity contribution is -0.144. The number of hydrogen-bond acceptors (Lipinski definition) is 12. The van der Waals surface area contributed by atoms with Crippen molar-refractivity contribution >= 4 is 78.2 Å². The van der Waals surface area contributed by atoms with Gasteiger partial charge < -0.3 is 67.9 Å². The lowest BCUT2D eigenvalue weighted by Gasteiger charge is -2.22. The number of carboxylic acid groups (broad SMARTS) is 6. The van der Waals surface area contributed by atoms with Crippen molar-refractivity contribution in [2.45, 2.75) is 88.1 Å². The third-order valence-corrected chi connectivity index (χ3v) is 8.10. The Kier molecular flexibility index (Phi) is 21.7. The molecule has 13 N–H and O–H groups in total. The molecule has 5 unspecified atom stereocenters. The van der Waals surface area contributed by atoms with E-state index >= 15 is 0 Å². The minimum atomic E-state index is -1.83. The Hall–Kier alpha value is -6.66. The number of urea groups is 2. The highest BCUT2D eigenvalue weighted by Gasteiger charge is 2.32. The standard InChI is InChI=1S/C33H45N7O17S/c41-23(36-20(12-25(44)45)27(48)37-21(13-26(46)47)28(49)38-22(15-58)31(54)55)11-16-4-6-17(7-5-16)14-35-32(56)34-10-2-1-3-18(29(50)51)39-33(57)40-19(30(52)53)8-9-24(42)43/h4-7,18-22,58H,1-3,8-15H2,(H,36,41)(H,37,48)(H,38,49)(H,42,43)(H,44,45)(H,46,47)(H,50,51)(H,52,53)(H,54,55)(H2,34,35,56)(H2,39,40,57). The fourth-order valence-corrected chi connectivity index (χ4v) is 5.01. The number of aliphatic carboxylic acids is 6. The molecule has 24 nitrogen and oxygen atoms in total. The highest BCUT2D eigenvalue weighted by atomic mass is 32.1. The van der Waals surface area contributed by atoms with E-state index in [4.69, 9.17) is 15.3 Å². The average molecular weight is 844 g/mol. The summed E-state index contributed by atoms with van der Waals surface area (Å²) in [5, 5.41) is 70.4. The summed E-state index contributed by atoms with van der Waals surface area (Å²) in [6.07, 6.45) is -2.80. The number of nitrogens with one attached hydrogen (secondary N) is 7. The number of unbranched alkanes of at least 4 members (excludes halogenated alkanes) is 1. The van der Waals surface area contributed by atoms with E-state index < -0.39 is 121 Å². The van der Waals surface area contributed by atoms with Gasteiger partial charge in [-0.1, -0.05) is 24.3 Å². The van der Waals surface area contributed by atoms with Crippen molar-refractivity contribution < 1.29 is 83.4 Å². The molecule has 0 spiro atoms. The van der Waals surface area contributed by atoms with Gasteiger partial charge in [0.2, 0.25) is 17.7 Å². The molecule has 1 aromatic carbocycles.